The minimum Gasteiger partial charge on any atom is -0.316 e. The fraction of sp³-hybridized carbons (Fsp3) is 1.00. The summed E-state index contributed by atoms with van der Waals surface area (Å²) in [5, 5.41) is 3.59. The van der Waals surface area contributed by atoms with E-state index in [0.29, 0.717) is 5.41 Å². The Morgan fingerprint density at radius 2 is 1.92 bits per heavy atom. The average molecular weight is 167 g/mol. The maximum atomic E-state index is 3.59. The normalized spacial score (nSPS) is 33.8. The third kappa shape index (κ3) is 1.19. The average Bonchev–Trinajstić information content (AvgIpc) is 2.61. The van der Waals surface area contributed by atoms with Crippen LogP contribution in [-0.2, 0) is 0 Å². The molecule has 2 aliphatic rings. The molecule has 1 aliphatic carbocycles. The van der Waals surface area contributed by atoms with Crippen molar-refractivity contribution in [1.29, 1.82) is 0 Å². The van der Waals surface area contributed by atoms with Crippen LogP contribution in [0.1, 0.15) is 39.5 Å². The lowest BCUT2D eigenvalue weighted by molar-refractivity contribution is 0.182. The molecule has 12 heavy (non-hydrogen) atoms. The first-order chi connectivity index (χ1) is 5.75. The van der Waals surface area contributed by atoms with Crippen LogP contribution < -0.4 is 5.32 Å². The Kier molecular flexibility index (Phi) is 2.16. The highest BCUT2D eigenvalue weighted by Crippen LogP contribution is 2.48. The molecule has 1 unspecified atom stereocenters. The van der Waals surface area contributed by atoms with Gasteiger partial charge in [0.05, 0.1) is 0 Å². The SMILES string of the molecule is CC(C)C1CNCC12CCCC2. The molecule has 0 bridgehead atoms. The molecular weight excluding hydrogens is 146 g/mol. The van der Waals surface area contributed by atoms with E-state index in [1.165, 1.54) is 38.8 Å². The fourth-order valence-electron chi connectivity index (χ4n) is 3.39. The molecule has 70 valence electrons. The summed E-state index contributed by atoms with van der Waals surface area (Å²) in [5.74, 6) is 1.83. The largest absolute Gasteiger partial charge is 0.316 e. The van der Waals surface area contributed by atoms with Crippen molar-refractivity contribution < 1.29 is 0 Å². The molecule has 1 spiro atoms. The molecule has 2 fully saturated rings. The Hall–Kier alpha value is -0.0400. The zero-order chi connectivity index (χ0) is 8.60. The van der Waals surface area contributed by atoms with Crippen molar-refractivity contribution in [3.8, 4) is 0 Å². The third-order valence-electron chi connectivity index (χ3n) is 4.03. The predicted octanol–water partition coefficient (Wildman–Crippen LogP) is 2.42. The number of hydrogen-bond acceptors (Lipinski definition) is 1. The fourth-order valence-corrected chi connectivity index (χ4v) is 3.39. The summed E-state index contributed by atoms with van der Waals surface area (Å²) in [6.07, 6.45) is 5.93. The first-order valence-corrected chi connectivity index (χ1v) is 5.45. The second-order valence-corrected chi connectivity index (χ2v) is 5.05. The molecule has 1 aliphatic heterocycles. The second-order valence-electron chi connectivity index (χ2n) is 5.05. The minimum absolute atomic E-state index is 0.716. The molecule has 1 nitrogen and oxygen atoms in total. The molecule has 1 saturated carbocycles. The summed E-state index contributed by atoms with van der Waals surface area (Å²) in [6, 6.07) is 0. The quantitative estimate of drug-likeness (QED) is 0.632. The second kappa shape index (κ2) is 3.02. The van der Waals surface area contributed by atoms with E-state index in [2.05, 4.69) is 19.2 Å². The van der Waals surface area contributed by atoms with Gasteiger partial charge in [0, 0.05) is 6.54 Å². The van der Waals surface area contributed by atoms with E-state index in [1.54, 1.807) is 0 Å². The van der Waals surface area contributed by atoms with Crippen LogP contribution in [-0.4, -0.2) is 13.1 Å². The van der Waals surface area contributed by atoms with Gasteiger partial charge in [-0.15, -0.1) is 0 Å². The number of rotatable bonds is 1. The van der Waals surface area contributed by atoms with Gasteiger partial charge in [0.2, 0.25) is 0 Å². The summed E-state index contributed by atoms with van der Waals surface area (Å²) >= 11 is 0. The van der Waals surface area contributed by atoms with Gasteiger partial charge in [-0.2, -0.15) is 0 Å². The lowest BCUT2D eigenvalue weighted by atomic mass is 9.71. The van der Waals surface area contributed by atoms with Crippen LogP contribution in [0.4, 0.5) is 0 Å². The molecule has 2 rings (SSSR count). The van der Waals surface area contributed by atoms with Crippen LogP contribution in [0, 0.1) is 17.3 Å². The highest BCUT2D eigenvalue weighted by molar-refractivity contribution is 4.98. The topological polar surface area (TPSA) is 12.0 Å². The van der Waals surface area contributed by atoms with Crippen LogP contribution in [0.25, 0.3) is 0 Å². The number of nitrogens with one attached hydrogen (secondary N) is 1. The van der Waals surface area contributed by atoms with Crippen LogP contribution in [0.15, 0.2) is 0 Å². The lowest BCUT2D eigenvalue weighted by Crippen LogP contribution is -2.29. The summed E-state index contributed by atoms with van der Waals surface area (Å²) < 4.78 is 0. The first kappa shape index (κ1) is 8.55. The van der Waals surface area contributed by atoms with E-state index in [9.17, 15) is 0 Å². The van der Waals surface area contributed by atoms with Gasteiger partial charge in [0.15, 0.2) is 0 Å². The maximum absolute atomic E-state index is 3.59. The molecule has 1 heterocycles. The van der Waals surface area contributed by atoms with Gasteiger partial charge < -0.3 is 5.32 Å². The van der Waals surface area contributed by atoms with E-state index in [0.717, 1.165) is 11.8 Å². The van der Waals surface area contributed by atoms with Gasteiger partial charge in [-0.3, -0.25) is 0 Å². The molecule has 1 N–H and O–H groups in total. The summed E-state index contributed by atoms with van der Waals surface area (Å²) in [4.78, 5) is 0. The van der Waals surface area contributed by atoms with Crippen molar-refractivity contribution >= 4 is 0 Å². The minimum atomic E-state index is 0.716. The smallest absolute Gasteiger partial charge is 0.00112 e. The summed E-state index contributed by atoms with van der Waals surface area (Å²) in [7, 11) is 0. The van der Waals surface area contributed by atoms with Crippen LogP contribution in [0.2, 0.25) is 0 Å². The number of hydrogen-bond donors (Lipinski definition) is 1. The molecule has 0 aromatic heterocycles. The van der Waals surface area contributed by atoms with Crippen molar-refractivity contribution in [2.45, 2.75) is 39.5 Å². The summed E-state index contributed by atoms with van der Waals surface area (Å²) in [5.41, 5.74) is 0.716. The van der Waals surface area contributed by atoms with Crippen molar-refractivity contribution in [2.24, 2.45) is 17.3 Å². The standard InChI is InChI=1S/C11H21N/c1-9(2)10-7-12-8-11(10)5-3-4-6-11/h9-10,12H,3-8H2,1-2H3. The van der Waals surface area contributed by atoms with Crippen LogP contribution in [0.5, 0.6) is 0 Å². The van der Waals surface area contributed by atoms with E-state index in [-0.39, 0.29) is 0 Å². The zero-order valence-electron chi connectivity index (χ0n) is 8.40. The Morgan fingerprint density at radius 1 is 1.25 bits per heavy atom. The lowest BCUT2D eigenvalue weighted by Gasteiger charge is -2.32. The zero-order valence-corrected chi connectivity index (χ0v) is 8.40. The van der Waals surface area contributed by atoms with E-state index in [1.807, 2.05) is 0 Å². The van der Waals surface area contributed by atoms with E-state index in [4.69, 9.17) is 0 Å². The van der Waals surface area contributed by atoms with Crippen molar-refractivity contribution in [1.82, 2.24) is 5.32 Å². The monoisotopic (exact) mass is 167 g/mol. The van der Waals surface area contributed by atoms with E-state index >= 15 is 0 Å². The molecule has 0 aromatic rings. The molecule has 0 aromatic carbocycles. The molecule has 0 amide bonds. The van der Waals surface area contributed by atoms with Crippen molar-refractivity contribution in [2.75, 3.05) is 13.1 Å². The third-order valence-corrected chi connectivity index (χ3v) is 4.03. The Balaban J connectivity index is 2.12. The van der Waals surface area contributed by atoms with Gasteiger partial charge in [0.1, 0.15) is 0 Å². The van der Waals surface area contributed by atoms with Crippen molar-refractivity contribution in [3.05, 3.63) is 0 Å². The molecule has 1 saturated heterocycles. The van der Waals surface area contributed by atoms with Crippen LogP contribution in [0.3, 0.4) is 0 Å². The Labute approximate surface area is 75.9 Å². The Bertz CT molecular complexity index is 151. The molecule has 1 atom stereocenters. The van der Waals surface area contributed by atoms with E-state index < -0.39 is 0 Å². The maximum Gasteiger partial charge on any atom is 0.00112 e. The highest BCUT2D eigenvalue weighted by atomic mass is 14.9. The van der Waals surface area contributed by atoms with Gasteiger partial charge in [0.25, 0.3) is 0 Å². The van der Waals surface area contributed by atoms with Crippen LogP contribution >= 0.6 is 0 Å². The Morgan fingerprint density at radius 3 is 2.50 bits per heavy atom. The van der Waals surface area contributed by atoms with Gasteiger partial charge in [-0.1, -0.05) is 26.7 Å². The predicted molar refractivity (Wildman–Crippen MR) is 52.1 cm³/mol. The van der Waals surface area contributed by atoms with Gasteiger partial charge in [-0.25, -0.2) is 0 Å². The molecule has 0 radical (unpaired) electrons. The molecular formula is C11H21N. The summed E-state index contributed by atoms with van der Waals surface area (Å²) in [6.45, 7) is 7.35. The van der Waals surface area contributed by atoms with Gasteiger partial charge in [-0.05, 0) is 36.6 Å². The van der Waals surface area contributed by atoms with Crippen molar-refractivity contribution in [3.63, 3.8) is 0 Å². The molecule has 1 heteroatoms. The first-order valence-electron chi connectivity index (χ1n) is 5.45. The van der Waals surface area contributed by atoms with Gasteiger partial charge >= 0.3 is 0 Å². The highest BCUT2D eigenvalue weighted by Gasteiger charge is 2.45.